The number of hydrogen-bond donors (Lipinski definition) is 2. The van der Waals surface area contributed by atoms with E-state index in [2.05, 4.69) is 30.6 Å². The third kappa shape index (κ3) is 6.40. The molecule has 4 rings (SSSR count). The Labute approximate surface area is 248 Å². The average molecular weight is 685 g/mol. The highest BCUT2D eigenvalue weighted by atomic mass is 79.9. The molecule has 0 saturated carbocycles. The van der Waals surface area contributed by atoms with Crippen molar-refractivity contribution < 1.29 is 60.4 Å². The minimum atomic E-state index is -4.69. The SMILES string of the molecule is COC1=C(C)C(=O)N(c2cc(C(F)(F)F)c(Br)cn2)C1O.COC1=C(C)C(=O)N(c2cc(C(F)(F)F)c(OC)cn2)C1O. The number of aliphatic hydroxyl groups excluding tert-OH is 2. The van der Waals surface area contributed by atoms with Crippen molar-refractivity contribution in [1.82, 2.24) is 9.97 Å². The summed E-state index contributed by atoms with van der Waals surface area (Å²) in [4.78, 5) is 33.1. The molecule has 11 nitrogen and oxygen atoms in total. The highest BCUT2D eigenvalue weighted by Crippen LogP contribution is 2.40. The van der Waals surface area contributed by atoms with Crippen molar-refractivity contribution in [1.29, 1.82) is 0 Å². The maximum atomic E-state index is 13.0. The molecule has 2 aliphatic heterocycles. The van der Waals surface area contributed by atoms with Gasteiger partial charge in [0.25, 0.3) is 11.8 Å². The molecule has 234 valence electrons. The highest BCUT2D eigenvalue weighted by Gasteiger charge is 2.42. The van der Waals surface area contributed by atoms with E-state index in [0.29, 0.717) is 12.1 Å². The summed E-state index contributed by atoms with van der Waals surface area (Å²) in [6.07, 6.45) is -10.6. The van der Waals surface area contributed by atoms with Gasteiger partial charge in [-0.3, -0.25) is 19.4 Å². The van der Waals surface area contributed by atoms with Gasteiger partial charge < -0.3 is 24.4 Å². The number of methoxy groups -OCH3 is 3. The Morgan fingerprint density at radius 2 is 1.14 bits per heavy atom. The lowest BCUT2D eigenvalue weighted by Gasteiger charge is -2.22. The van der Waals surface area contributed by atoms with Crippen LogP contribution < -0.4 is 14.5 Å². The first-order chi connectivity index (χ1) is 19.9. The van der Waals surface area contributed by atoms with Gasteiger partial charge in [0, 0.05) is 10.7 Å². The molecule has 0 bridgehead atoms. The molecule has 2 amide bonds. The molecular weight excluding hydrogens is 662 g/mol. The van der Waals surface area contributed by atoms with Crippen LogP contribution in [0.3, 0.4) is 0 Å². The molecule has 2 aromatic heterocycles. The van der Waals surface area contributed by atoms with Gasteiger partial charge in [0.05, 0.1) is 44.2 Å². The third-order valence-corrected chi connectivity index (χ3v) is 6.87. The number of anilines is 2. The number of carbonyl (C=O) groups excluding carboxylic acids is 2. The zero-order chi connectivity index (χ0) is 32.6. The molecule has 0 fully saturated rings. The van der Waals surface area contributed by atoms with E-state index >= 15 is 0 Å². The van der Waals surface area contributed by atoms with Gasteiger partial charge in [-0.15, -0.1) is 0 Å². The number of pyridine rings is 2. The fourth-order valence-electron chi connectivity index (χ4n) is 4.12. The third-order valence-electron chi connectivity index (χ3n) is 6.23. The lowest BCUT2D eigenvalue weighted by atomic mass is 10.2. The molecule has 0 aromatic carbocycles. The van der Waals surface area contributed by atoms with Crippen LogP contribution in [0.4, 0.5) is 38.0 Å². The number of ether oxygens (including phenoxy) is 3. The van der Waals surface area contributed by atoms with Crippen LogP contribution in [0.15, 0.2) is 51.7 Å². The number of alkyl halides is 6. The number of nitrogens with zero attached hydrogens (tertiary/aromatic N) is 4. The fraction of sp³-hybridized carbons (Fsp3) is 0.360. The summed E-state index contributed by atoms with van der Waals surface area (Å²) < 4.78 is 91.8. The van der Waals surface area contributed by atoms with Crippen LogP contribution in [0.1, 0.15) is 25.0 Å². The van der Waals surface area contributed by atoms with Gasteiger partial charge in [0.15, 0.2) is 24.0 Å². The summed E-state index contributed by atoms with van der Waals surface area (Å²) in [6, 6.07) is 1.34. The van der Waals surface area contributed by atoms with Gasteiger partial charge in [0.1, 0.15) is 22.9 Å². The van der Waals surface area contributed by atoms with Crippen molar-refractivity contribution in [3.8, 4) is 5.75 Å². The van der Waals surface area contributed by atoms with E-state index in [4.69, 9.17) is 9.47 Å². The van der Waals surface area contributed by atoms with Crippen LogP contribution in [0.25, 0.3) is 0 Å². The predicted molar refractivity (Wildman–Crippen MR) is 139 cm³/mol. The van der Waals surface area contributed by atoms with Crippen LogP contribution in [-0.4, -0.2) is 65.8 Å². The standard InChI is InChI=1S/C13H13F3N2O4.C12H10BrF3N2O3/c1-6-10(22-3)12(20)18(11(6)19)9-4-7(13(14,15)16)8(21-2)5-17-9;1-5-9(21-2)11(20)18(10(5)19)8-3-6(12(14,15)16)7(13)4-17-8/h4-5,12,20H,1-3H3;3-4,11,20H,1-2H3. The predicted octanol–water partition coefficient (Wildman–Crippen LogP) is 4.14. The average Bonchev–Trinajstić information content (AvgIpc) is 3.28. The Balaban J connectivity index is 0.000000236. The van der Waals surface area contributed by atoms with Gasteiger partial charge in [-0.2, -0.15) is 26.3 Å². The monoisotopic (exact) mass is 684 g/mol. The van der Waals surface area contributed by atoms with E-state index in [1.165, 1.54) is 28.1 Å². The fourth-order valence-corrected chi connectivity index (χ4v) is 4.56. The first kappa shape index (κ1) is 33.6. The summed E-state index contributed by atoms with van der Waals surface area (Å²) in [5.41, 5.74) is -1.87. The summed E-state index contributed by atoms with van der Waals surface area (Å²) in [6.45, 7) is 2.81. The van der Waals surface area contributed by atoms with Crippen molar-refractivity contribution in [3.63, 3.8) is 0 Å². The van der Waals surface area contributed by atoms with E-state index in [0.717, 1.165) is 29.3 Å². The number of hydrogen-bond acceptors (Lipinski definition) is 9. The zero-order valence-corrected chi connectivity index (χ0v) is 24.4. The maximum Gasteiger partial charge on any atom is 0.420 e. The van der Waals surface area contributed by atoms with Crippen LogP contribution >= 0.6 is 15.9 Å². The van der Waals surface area contributed by atoms with Gasteiger partial charge in [-0.05, 0) is 41.9 Å². The van der Waals surface area contributed by atoms with E-state index in [1.807, 2.05) is 0 Å². The van der Waals surface area contributed by atoms with Gasteiger partial charge in [0.2, 0.25) is 0 Å². The number of amides is 2. The van der Waals surface area contributed by atoms with E-state index in [-0.39, 0.29) is 38.8 Å². The molecular formula is C25H23BrF6N4O7. The Bertz CT molecular complexity index is 1500. The molecule has 4 heterocycles. The molecule has 2 unspecified atom stereocenters. The Morgan fingerprint density at radius 1 is 0.744 bits per heavy atom. The van der Waals surface area contributed by atoms with Crippen LogP contribution in [0.2, 0.25) is 0 Å². The molecule has 0 radical (unpaired) electrons. The Morgan fingerprint density at radius 3 is 1.49 bits per heavy atom. The molecule has 0 spiro atoms. The highest BCUT2D eigenvalue weighted by molar-refractivity contribution is 9.10. The van der Waals surface area contributed by atoms with E-state index < -0.39 is 53.5 Å². The lowest BCUT2D eigenvalue weighted by Crippen LogP contribution is -2.36. The minimum Gasteiger partial charge on any atom is -0.496 e. The maximum absolute atomic E-state index is 13.0. The lowest BCUT2D eigenvalue weighted by molar-refractivity contribution is -0.139. The molecule has 43 heavy (non-hydrogen) atoms. The first-order valence-corrected chi connectivity index (χ1v) is 12.6. The summed E-state index contributed by atoms with van der Waals surface area (Å²) >= 11 is 2.76. The van der Waals surface area contributed by atoms with Crippen molar-refractivity contribution in [2.75, 3.05) is 31.1 Å². The molecule has 2 N–H and O–H groups in total. The molecule has 2 aromatic rings. The molecule has 2 aliphatic rings. The quantitative estimate of drug-likeness (QED) is 0.446. The smallest absolute Gasteiger partial charge is 0.420 e. The Kier molecular flexibility index (Phi) is 9.67. The second-order valence-electron chi connectivity index (χ2n) is 8.75. The number of aromatic nitrogens is 2. The van der Waals surface area contributed by atoms with Gasteiger partial charge >= 0.3 is 12.4 Å². The van der Waals surface area contributed by atoms with Crippen LogP contribution in [0.5, 0.6) is 5.75 Å². The number of rotatable bonds is 5. The second-order valence-corrected chi connectivity index (χ2v) is 9.60. The topological polar surface area (TPSA) is 135 Å². The molecule has 18 heteroatoms. The van der Waals surface area contributed by atoms with Crippen LogP contribution in [0, 0.1) is 0 Å². The van der Waals surface area contributed by atoms with Crippen molar-refractivity contribution in [2.45, 2.75) is 38.7 Å². The van der Waals surface area contributed by atoms with Crippen molar-refractivity contribution >= 4 is 39.4 Å². The van der Waals surface area contributed by atoms with Crippen LogP contribution in [-0.2, 0) is 31.4 Å². The molecule has 0 aliphatic carbocycles. The normalized spacial score (nSPS) is 19.2. The number of halogens is 7. The van der Waals surface area contributed by atoms with E-state index in [9.17, 15) is 46.1 Å². The van der Waals surface area contributed by atoms with Crippen molar-refractivity contribution in [2.24, 2.45) is 0 Å². The number of aliphatic hydroxyl groups is 2. The van der Waals surface area contributed by atoms with Gasteiger partial charge in [-0.25, -0.2) is 9.97 Å². The van der Waals surface area contributed by atoms with Crippen molar-refractivity contribution in [3.05, 3.63) is 62.8 Å². The molecule has 0 saturated heterocycles. The molecule has 2 atom stereocenters. The number of carbonyl (C=O) groups is 2. The first-order valence-electron chi connectivity index (χ1n) is 11.8. The summed E-state index contributed by atoms with van der Waals surface area (Å²) in [5, 5.41) is 20.0. The minimum absolute atomic E-state index is 0.0155. The summed E-state index contributed by atoms with van der Waals surface area (Å²) in [5.74, 6) is -2.53. The largest absolute Gasteiger partial charge is 0.496 e. The second kappa shape index (κ2) is 12.4. The summed E-state index contributed by atoms with van der Waals surface area (Å²) in [7, 11) is 3.59. The van der Waals surface area contributed by atoms with Gasteiger partial charge in [-0.1, -0.05) is 0 Å². The van der Waals surface area contributed by atoms with E-state index in [1.54, 1.807) is 0 Å². The zero-order valence-electron chi connectivity index (χ0n) is 22.8. The Hall–Kier alpha value is -3.90.